The summed E-state index contributed by atoms with van der Waals surface area (Å²) in [6.07, 6.45) is 2.28. The number of carbonyl (C=O) groups excluding carboxylic acids is 1. The maximum atomic E-state index is 12.1. The number of carbonyl (C=O) groups is 1. The number of hydrogen-bond donors (Lipinski definition) is 1. The average Bonchev–Trinajstić information content (AvgIpc) is 3.19. The van der Waals surface area contributed by atoms with Crippen molar-refractivity contribution in [2.75, 3.05) is 26.4 Å². The molecule has 136 valence electrons. The molecule has 1 aromatic rings. The van der Waals surface area contributed by atoms with Gasteiger partial charge in [0.25, 0.3) is 0 Å². The first-order valence-corrected chi connectivity index (χ1v) is 8.99. The van der Waals surface area contributed by atoms with Gasteiger partial charge < -0.3 is 19.5 Å². The van der Waals surface area contributed by atoms with E-state index in [0.717, 1.165) is 19.3 Å². The number of amides is 1. The number of hydrogen-bond acceptors (Lipinski definition) is 5. The standard InChI is InChI=1S/C19H26N2O4/c1-17-9-10-18(2)21(17)19(13-24-17,14-25-18)12-23-16(22)20-11-8-15-6-4-3-5-7-15/h3-7H,8-14H2,1-2H3,(H,20,22). The van der Waals surface area contributed by atoms with E-state index in [0.29, 0.717) is 19.8 Å². The molecule has 0 aromatic heterocycles. The van der Waals surface area contributed by atoms with E-state index < -0.39 is 0 Å². The summed E-state index contributed by atoms with van der Waals surface area (Å²) >= 11 is 0. The second kappa shape index (κ2) is 5.97. The monoisotopic (exact) mass is 346 g/mol. The molecule has 1 amide bonds. The Morgan fingerprint density at radius 1 is 1.16 bits per heavy atom. The first-order valence-electron chi connectivity index (χ1n) is 8.99. The zero-order valence-corrected chi connectivity index (χ0v) is 14.9. The third-order valence-corrected chi connectivity index (χ3v) is 5.77. The predicted octanol–water partition coefficient (Wildman–Crippen LogP) is 2.28. The van der Waals surface area contributed by atoms with Gasteiger partial charge in [0.2, 0.25) is 0 Å². The Hall–Kier alpha value is -1.63. The Balaban J connectivity index is 1.30. The van der Waals surface area contributed by atoms with Gasteiger partial charge in [-0.05, 0) is 38.7 Å². The molecule has 3 aliphatic rings. The SMILES string of the molecule is CC12CCC3(C)OCC(COC(=O)NCCc4ccccc4)(CO1)N23. The van der Waals surface area contributed by atoms with Gasteiger partial charge in [0.15, 0.2) is 0 Å². The topological polar surface area (TPSA) is 60.0 Å². The maximum Gasteiger partial charge on any atom is 0.407 e. The van der Waals surface area contributed by atoms with Crippen LogP contribution < -0.4 is 5.32 Å². The molecule has 4 rings (SSSR count). The van der Waals surface area contributed by atoms with Gasteiger partial charge in [-0.3, -0.25) is 0 Å². The van der Waals surface area contributed by atoms with Gasteiger partial charge in [-0.25, -0.2) is 9.69 Å². The lowest BCUT2D eigenvalue weighted by atomic mass is 10.0. The van der Waals surface area contributed by atoms with Crippen LogP contribution in [-0.2, 0) is 20.6 Å². The fraction of sp³-hybridized carbons (Fsp3) is 0.632. The molecule has 2 unspecified atom stereocenters. The van der Waals surface area contributed by atoms with Crippen LogP contribution in [0.15, 0.2) is 30.3 Å². The summed E-state index contributed by atoms with van der Waals surface area (Å²) in [4.78, 5) is 14.4. The molecule has 2 atom stereocenters. The molecule has 3 saturated heterocycles. The minimum atomic E-state index is -0.383. The van der Waals surface area contributed by atoms with Crippen LogP contribution in [0.4, 0.5) is 4.79 Å². The van der Waals surface area contributed by atoms with Crippen molar-refractivity contribution in [3.05, 3.63) is 35.9 Å². The van der Waals surface area contributed by atoms with Gasteiger partial charge >= 0.3 is 6.09 Å². The largest absolute Gasteiger partial charge is 0.447 e. The molecule has 0 bridgehead atoms. The van der Waals surface area contributed by atoms with Gasteiger partial charge in [-0.2, -0.15) is 0 Å². The van der Waals surface area contributed by atoms with Crippen molar-refractivity contribution in [3.63, 3.8) is 0 Å². The molecule has 0 aliphatic carbocycles. The maximum absolute atomic E-state index is 12.1. The Kier molecular flexibility index (Phi) is 4.02. The van der Waals surface area contributed by atoms with Gasteiger partial charge in [0.05, 0.1) is 13.2 Å². The Bertz CT molecular complexity index is 630. The van der Waals surface area contributed by atoms with E-state index in [1.54, 1.807) is 0 Å². The van der Waals surface area contributed by atoms with Crippen LogP contribution in [0.3, 0.4) is 0 Å². The predicted molar refractivity (Wildman–Crippen MR) is 92.0 cm³/mol. The third kappa shape index (κ3) is 2.82. The molecule has 25 heavy (non-hydrogen) atoms. The molecule has 1 aromatic carbocycles. The second-order valence-corrected chi connectivity index (χ2v) is 7.73. The minimum Gasteiger partial charge on any atom is -0.447 e. The van der Waals surface area contributed by atoms with E-state index in [2.05, 4.69) is 24.1 Å². The van der Waals surface area contributed by atoms with Crippen molar-refractivity contribution in [1.82, 2.24) is 10.2 Å². The summed E-state index contributed by atoms with van der Waals surface area (Å²) in [5.41, 5.74) is 0.214. The summed E-state index contributed by atoms with van der Waals surface area (Å²) in [6.45, 7) is 6.13. The normalized spacial score (nSPS) is 36.4. The van der Waals surface area contributed by atoms with Gasteiger partial charge in [-0.15, -0.1) is 0 Å². The minimum absolute atomic E-state index is 0.287. The van der Waals surface area contributed by atoms with E-state index in [4.69, 9.17) is 14.2 Å². The van der Waals surface area contributed by atoms with E-state index in [9.17, 15) is 4.79 Å². The molecule has 3 fully saturated rings. The van der Waals surface area contributed by atoms with Crippen molar-refractivity contribution < 1.29 is 19.0 Å². The smallest absolute Gasteiger partial charge is 0.407 e. The quantitative estimate of drug-likeness (QED) is 0.886. The molecule has 3 heterocycles. The van der Waals surface area contributed by atoms with Crippen LogP contribution >= 0.6 is 0 Å². The zero-order chi connectivity index (χ0) is 17.5. The lowest BCUT2D eigenvalue weighted by molar-refractivity contribution is -0.125. The highest BCUT2D eigenvalue weighted by Crippen LogP contribution is 2.55. The molecule has 6 nitrogen and oxygen atoms in total. The van der Waals surface area contributed by atoms with Crippen molar-refractivity contribution in [1.29, 1.82) is 0 Å². The van der Waals surface area contributed by atoms with Crippen molar-refractivity contribution in [2.45, 2.75) is 50.1 Å². The van der Waals surface area contributed by atoms with Crippen LogP contribution in [0.2, 0.25) is 0 Å². The lowest BCUT2D eigenvalue weighted by Crippen LogP contribution is -2.56. The van der Waals surface area contributed by atoms with E-state index in [-0.39, 0.29) is 29.7 Å². The van der Waals surface area contributed by atoms with Gasteiger partial charge in [0.1, 0.15) is 23.6 Å². The number of nitrogens with zero attached hydrogens (tertiary/aromatic N) is 1. The van der Waals surface area contributed by atoms with Gasteiger partial charge in [-0.1, -0.05) is 30.3 Å². The highest BCUT2D eigenvalue weighted by molar-refractivity contribution is 5.67. The average molecular weight is 346 g/mol. The van der Waals surface area contributed by atoms with Crippen LogP contribution in [0.25, 0.3) is 0 Å². The number of ether oxygens (including phenoxy) is 3. The van der Waals surface area contributed by atoms with Crippen molar-refractivity contribution >= 4 is 6.09 Å². The fourth-order valence-corrected chi connectivity index (χ4v) is 4.57. The number of rotatable bonds is 5. The zero-order valence-electron chi connectivity index (χ0n) is 14.9. The molecule has 0 spiro atoms. The third-order valence-electron chi connectivity index (χ3n) is 5.77. The summed E-state index contributed by atoms with van der Waals surface area (Å²) in [5.74, 6) is 0. The Labute approximate surface area is 148 Å². The lowest BCUT2D eigenvalue weighted by Gasteiger charge is -2.37. The fourth-order valence-electron chi connectivity index (χ4n) is 4.57. The second-order valence-electron chi connectivity index (χ2n) is 7.73. The van der Waals surface area contributed by atoms with E-state index in [1.165, 1.54) is 5.56 Å². The molecule has 0 radical (unpaired) electrons. The van der Waals surface area contributed by atoms with Gasteiger partial charge in [0, 0.05) is 6.54 Å². The number of nitrogens with one attached hydrogen (secondary N) is 1. The Morgan fingerprint density at radius 2 is 1.80 bits per heavy atom. The molecule has 1 N–H and O–H groups in total. The molecular weight excluding hydrogens is 320 g/mol. The van der Waals surface area contributed by atoms with Crippen LogP contribution in [0, 0.1) is 0 Å². The highest BCUT2D eigenvalue weighted by atomic mass is 16.6. The molecule has 3 aliphatic heterocycles. The van der Waals surface area contributed by atoms with Crippen LogP contribution in [-0.4, -0.2) is 54.3 Å². The van der Waals surface area contributed by atoms with Crippen molar-refractivity contribution in [3.8, 4) is 0 Å². The summed E-state index contributed by atoms with van der Waals surface area (Å²) < 4.78 is 17.7. The first-order chi connectivity index (χ1) is 12.0. The first kappa shape index (κ1) is 16.8. The molecular formula is C19H26N2O4. The van der Waals surface area contributed by atoms with E-state index >= 15 is 0 Å². The Morgan fingerprint density at radius 3 is 2.44 bits per heavy atom. The number of benzene rings is 1. The molecule has 0 saturated carbocycles. The van der Waals surface area contributed by atoms with E-state index in [1.807, 2.05) is 30.3 Å². The summed E-state index contributed by atoms with van der Waals surface area (Å²) in [6, 6.07) is 10.1. The summed E-state index contributed by atoms with van der Waals surface area (Å²) in [5, 5.41) is 2.83. The number of alkyl carbamates (subject to hydrolysis) is 1. The summed E-state index contributed by atoms with van der Waals surface area (Å²) in [7, 11) is 0. The highest BCUT2D eigenvalue weighted by Gasteiger charge is 2.69. The van der Waals surface area contributed by atoms with Crippen molar-refractivity contribution in [2.24, 2.45) is 0 Å². The molecule has 6 heteroatoms. The van der Waals surface area contributed by atoms with Crippen LogP contribution in [0.1, 0.15) is 32.3 Å². The van der Waals surface area contributed by atoms with Crippen LogP contribution in [0.5, 0.6) is 0 Å².